The van der Waals surface area contributed by atoms with Gasteiger partial charge in [0.25, 0.3) is 0 Å². The third-order valence-electron chi connectivity index (χ3n) is 4.52. The summed E-state index contributed by atoms with van der Waals surface area (Å²) in [5.74, 6) is 7.48. The Hall–Kier alpha value is 0.190. The Balaban J connectivity index is 1.87. The van der Waals surface area contributed by atoms with Gasteiger partial charge in [-0.3, -0.25) is 11.3 Å². The van der Waals surface area contributed by atoms with Crippen LogP contribution in [-0.2, 0) is 9.47 Å². The number of hydrazine groups is 1. The van der Waals surface area contributed by atoms with Crippen LogP contribution in [0.3, 0.4) is 0 Å². The zero-order chi connectivity index (χ0) is 13.7. The van der Waals surface area contributed by atoms with Gasteiger partial charge in [0.2, 0.25) is 0 Å². The van der Waals surface area contributed by atoms with Crippen molar-refractivity contribution in [2.75, 3.05) is 25.6 Å². The molecule has 2 heterocycles. The third kappa shape index (κ3) is 4.08. The Morgan fingerprint density at radius 3 is 2.95 bits per heavy atom. The summed E-state index contributed by atoms with van der Waals surface area (Å²) in [4.78, 5) is 0. The van der Waals surface area contributed by atoms with E-state index in [9.17, 15) is 0 Å². The first-order chi connectivity index (χ1) is 9.19. The number of nitrogens with two attached hydrogens (primary N) is 1. The van der Waals surface area contributed by atoms with Gasteiger partial charge in [0.1, 0.15) is 0 Å². The molecule has 4 nitrogen and oxygen atoms in total. The van der Waals surface area contributed by atoms with E-state index in [0.29, 0.717) is 17.2 Å². The molecule has 3 N–H and O–H groups in total. The lowest BCUT2D eigenvalue weighted by Gasteiger charge is -2.40. The van der Waals surface area contributed by atoms with Crippen LogP contribution in [0.4, 0.5) is 0 Å². The molecule has 0 aromatic heterocycles. The second-order valence-corrected chi connectivity index (χ2v) is 7.38. The third-order valence-corrected chi connectivity index (χ3v) is 5.97. The minimum atomic E-state index is -0.0148. The molecule has 0 amide bonds. The number of thioether (sulfide) groups is 1. The maximum atomic E-state index is 6.00. The van der Waals surface area contributed by atoms with Crippen molar-refractivity contribution in [2.24, 2.45) is 11.8 Å². The Labute approximate surface area is 121 Å². The van der Waals surface area contributed by atoms with Crippen LogP contribution < -0.4 is 11.3 Å². The van der Waals surface area contributed by atoms with E-state index in [4.69, 9.17) is 15.3 Å². The molecule has 2 aliphatic heterocycles. The van der Waals surface area contributed by atoms with Gasteiger partial charge in [-0.2, -0.15) is 11.8 Å². The summed E-state index contributed by atoms with van der Waals surface area (Å²) < 4.78 is 11.5. The van der Waals surface area contributed by atoms with Gasteiger partial charge < -0.3 is 9.47 Å². The molecule has 0 aromatic carbocycles. The van der Waals surface area contributed by atoms with Gasteiger partial charge in [0, 0.05) is 36.7 Å². The summed E-state index contributed by atoms with van der Waals surface area (Å²) in [6.07, 6.45) is 4.45. The summed E-state index contributed by atoms with van der Waals surface area (Å²) in [6, 6.07) is 0.389. The maximum Gasteiger partial charge on any atom is 0.0939 e. The van der Waals surface area contributed by atoms with Crippen molar-refractivity contribution in [1.82, 2.24) is 5.43 Å². The SMILES string of the molecule is CCC(C)SCC(NN)C1CCOC2(CCOC2)C1. The fourth-order valence-electron chi connectivity index (χ4n) is 2.98. The molecule has 5 heteroatoms. The van der Waals surface area contributed by atoms with Crippen molar-refractivity contribution in [3.8, 4) is 0 Å². The van der Waals surface area contributed by atoms with Gasteiger partial charge in [-0.15, -0.1) is 0 Å². The van der Waals surface area contributed by atoms with Crippen molar-refractivity contribution in [1.29, 1.82) is 0 Å². The zero-order valence-electron chi connectivity index (χ0n) is 12.2. The van der Waals surface area contributed by atoms with Crippen molar-refractivity contribution in [2.45, 2.75) is 56.4 Å². The molecule has 0 aromatic rings. The lowest BCUT2D eigenvalue weighted by molar-refractivity contribution is -0.102. The van der Waals surface area contributed by atoms with E-state index in [0.717, 1.165) is 44.8 Å². The first kappa shape index (κ1) is 15.6. The largest absolute Gasteiger partial charge is 0.378 e. The predicted octanol–water partition coefficient (Wildman–Crippen LogP) is 1.94. The van der Waals surface area contributed by atoms with Crippen molar-refractivity contribution < 1.29 is 9.47 Å². The van der Waals surface area contributed by atoms with Crippen LogP contribution in [0, 0.1) is 5.92 Å². The highest BCUT2D eigenvalue weighted by Crippen LogP contribution is 2.37. The van der Waals surface area contributed by atoms with E-state index in [-0.39, 0.29) is 5.60 Å². The van der Waals surface area contributed by atoms with Crippen LogP contribution in [-0.4, -0.2) is 42.5 Å². The van der Waals surface area contributed by atoms with Crippen LogP contribution >= 0.6 is 11.8 Å². The molecule has 0 aliphatic carbocycles. The van der Waals surface area contributed by atoms with Crippen LogP contribution in [0.5, 0.6) is 0 Å². The smallest absolute Gasteiger partial charge is 0.0939 e. The van der Waals surface area contributed by atoms with Gasteiger partial charge in [-0.05, 0) is 25.2 Å². The Morgan fingerprint density at radius 1 is 1.47 bits per heavy atom. The molecule has 2 aliphatic rings. The van der Waals surface area contributed by atoms with Crippen LogP contribution in [0.15, 0.2) is 0 Å². The molecule has 2 rings (SSSR count). The van der Waals surface area contributed by atoms with E-state index in [1.165, 1.54) is 6.42 Å². The lowest BCUT2D eigenvalue weighted by atomic mass is 9.82. The van der Waals surface area contributed by atoms with Gasteiger partial charge in [-0.25, -0.2) is 0 Å². The first-order valence-corrected chi connectivity index (χ1v) is 8.53. The monoisotopic (exact) mass is 288 g/mol. The molecule has 4 atom stereocenters. The second kappa shape index (κ2) is 7.27. The Morgan fingerprint density at radius 2 is 2.32 bits per heavy atom. The predicted molar refractivity (Wildman–Crippen MR) is 80.2 cm³/mol. The Kier molecular flexibility index (Phi) is 5.96. The van der Waals surface area contributed by atoms with Crippen molar-refractivity contribution in [3.63, 3.8) is 0 Å². The van der Waals surface area contributed by atoms with Gasteiger partial charge in [0.05, 0.1) is 12.2 Å². The summed E-state index contributed by atoms with van der Waals surface area (Å²) >= 11 is 2.02. The van der Waals surface area contributed by atoms with E-state index in [2.05, 4.69) is 19.3 Å². The fraction of sp³-hybridized carbons (Fsp3) is 1.00. The quantitative estimate of drug-likeness (QED) is 0.578. The number of rotatable bonds is 6. The molecule has 0 saturated carbocycles. The number of ether oxygens (including phenoxy) is 2. The topological polar surface area (TPSA) is 56.5 Å². The summed E-state index contributed by atoms with van der Waals surface area (Å²) in [7, 11) is 0. The lowest BCUT2D eigenvalue weighted by Crippen LogP contribution is -2.50. The number of hydrogen-bond donors (Lipinski definition) is 2. The van der Waals surface area contributed by atoms with Gasteiger partial charge >= 0.3 is 0 Å². The summed E-state index contributed by atoms with van der Waals surface area (Å²) in [6.45, 7) is 6.98. The molecule has 19 heavy (non-hydrogen) atoms. The molecule has 0 bridgehead atoms. The van der Waals surface area contributed by atoms with Gasteiger partial charge in [0.15, 0.2) is 0 Å². The van der Waals surface area contributed by atoms with E-state index in [1.807, 2.05) is 11.8 Å². The molecular weight excluding hydrogens is 260 g/mol. The van der Waals surface area contributed by atoms with E-state index < -0.39 is 0 Å². The van der Waals surface area contributed by atoms with E-state index >= 15 is 0 Å². The highest BCUT2D eigenvalue weighted by molar-refractivity contribution is 7.99. The van der Waals surface area contributed by atoms with Crippen LogP contribution in [0.2, 0.25) is 0 Å². The standard InChI is InChI=1S/C14H28N2O2S/c1-3-11(2)19-9-13(16-15)12-4-6-18-14(8-12)5-7-17-10-14/h11-13,16H,3-10,15H2,1-2H3. The molecule has 2 saturated heterocycles. The number of nitrogens with one attached hydrogen (secondary N) is 1. The molecule has 2 fully saturated rings. The normalized spacial score (nSPS) is 34.6. The van der Waals surface area contributed by atoms with Crippen molar-refractivity contribution in [3.05, 3.63) is 0 Å². The molecular formula is C14H28N2O2S. The van der Waals surface area contributed by atoms with Crippen molar-refractivity contribution >= 4 is 11.8 Å². The minimum absolute atomic E-state index is 0.0148. The van der Waals surface area contributed by atoms with Crippen LogP contribution in [0.1, 0.15) is 39.5 Å². The highest BCUT2D eigenvalue weighted by atomic mass is 32.2. The molecule has 1 spiro atoms. The number of hydrogen-bond acceptors (Lipinski definition) is 5. The van der Waals surface area contributed by atoms with Gasteiger partial charge in [-0.1, -0.05) is 13.8 Å². The molecule has 4 unspecified atom stereocenters. The van der Waals surface area contributed by atoms with E-state index in [1.54, 1.807) is 0 Å². The molecule has 0 radical (unpaired) electrons. The highest BCUT2D eigenvalue weighted by Gasteiger charge is 2.42. The summed E-state index contributed by atoms with van der Waals surface area (Å²) in [5, 5.41) is 0.708. The minimum Gasteiger partial charge on any atom is -0.378 e. The first-order valence-electron chi connectivity index (χ1n) is 7.48. The maximum absolute atomic E-state index is 6.00. The summed E-state index contributed by atoms with van der Waals surface area (Å²) in [5.41, 5.74) is 3.03. The van der Waals surface area contributed by atoms with Crippen LogP contribution in [0.25, 0.3) is 0 Å². The zero-order valence-corrected chi connectivity index (χ0v) is 13.0. The average molecular weight is 288 g/mol. The fourth-order valence-corrected chi connectivity index (χ4v) is 4.12. The Bertz CT molecular complexity index is 272. The molecule has 112 valence electrons. The second-order valence-electron chi connectivity index (χ2n) is 5.91. The average Bonchev–Trinajstić information content (AvgIpc) is 2.87.